The van der Waals surface area contributed by atoms with Gasteiger partial charge in [0, 0.05) is 36.5 Å². The van der Waals surface area contributed by atoms with Gasteiger partial charge in [-0.15, -0.1) is 0 Å². The number of oxime groups is 1. The molecule has 5 rings (SSSR count). The lowest BCUT2D eigenvalue weighted by atomic mass is 10.1. The van der Waals surface area contributed by atoms with Crippen molar-refractivity contribution in [2.75, 3.05) is 6.54 Å². The third-order valence-corrected chi connectivity index (χ3v) is 5.05. The van der Waals surface area contributed by atoms with E-state index in [0.717, 1.165) is 18.5 Å². The topological polar surface area (TPSA) is 89.5 Å². The van der Waals surface area contributed by atoms with E-state index in [1.54, 1.807) is 30.6 Å². The van der Waals surface area contributed by atoms with Crippen LogP contribution < -0.4 is 0 Å². The lowest BCUT2D eigenvalue weighted by Gasteiger charge is -2.26. The van der Waals surface area contributed by atoms with E-state index >= 15 is 0 Å². The Morgan fingerprint density at radius 3 is 2.44 bits per heavy atom. The minimum absolute atomic E-state index is 0.352. The van der Waals surface area contributed by atoms with Crippen molar-refractivity contribution in [3.8, 4) is 11.4 Å². The summed E-state index contributed by atoms with van der Waals surface area (Å²) in [6.45, 7) is 0.752. The molecule has 1 atom stereocenters. The van der Waals surface area contributed by atoms with Crippen molar-refractivity contribution in [1.29, 1.82) is 0 Å². The third kappa shape index (κ3) is 2.64. The molecule has 0 bridgehead atoms. The summed E-state index contributed by atoms with van der Waals surface area (Å²) >= 11 is 11.7. The Balaban J connectivity index is 1.48. The van der Waals surface area contributed by atoms with E-state index in [-0.39, 0.29) is 0 Å². The summed E-state index contributed by atoms with van der Waals surface area (Å²) in [6, 6.07) is 7.02. The highest BCUT2D eigenvalue weighted by Crippen LogP contribution is 2.44. The number of aromatic nitrogens is 4. The van der Waals surface area contributed by atoms with Crippen LogP contribution in [0, 0.1) is 0 Å². The van der Waals surface area contributed by atoms with E-state index in [2.05, 4.69) is 25.3 Å². The van der Waals surface area contributed by atoms with Gasteiger partial charge in [0.1, 0.15) is 10.3 Å². The van der Waals surface area contributed by atoms with E-state index in [4.69, 9.17) is 32.6 Å². The quantitative estimate of drug-likeness (QED) is 0.619. The fourth-order valence-corrected chi connectivity index (χ4v) is 3.54. The molecular formula is C17H12Cl2N6O2. The maximum Gasteiger partial charge on any atom is 0.295 e. The summed E-state index contributed by atoms with van der Waals surface area (Å²) in [6.07, 6.45) is 4.84. The average molecular weight is 403 g/mol. The zero-order chi connectivity index (χ0) is 18.4. The second kappa shape index (κ2) is 6.17. The lowest BCUT2D eigenvalue weighted by molar-refractivity contribution is -0.106. The van der Waals surface area contributed by atoms with Gasteiger partial charge in [-0.1, -0.05) is 33.5 Å². The van der Waals surface area contributed by atoms with Gasteiger partial charge in [-0.2, -0.15) is 4.98 Å². The first-order valence-electron chi connectivity index (χ1n) is 8.28. The molecule has 0 amide bonds. The molecule has 8 nitrogen and oxygen atoms in total. The number of fused-ring (bicyclic) bond motifs is 1. The Morgan fingerprint density at radius 1 is 1.00 bits per heavy atom. The largest absolute Gasteiger partial charge is 0.355 e. The number of hydrogen-bond acceptors (Lipinski definition) is 8. The Kier molecular flexibility index (Phi) is 3.76. The van der Waals surface area contributed by atoms with Crippen LogP contribution in [0.2, 0.25) is 10.3 Å². The number of pyridine rings is 2. The van der Waals surface area contributed by atoms with Crippen LogP contribution in [0.4, 0.5) is 0 Å². The molecule has 5 heterocycles. The second-order valence-electron chi connectivity index (χ2n) is 6.21. The molecule has 0 saturated carbocycles. The fraction of sp³-hybridized carbons (Fsp3) is 0.235. The smallest absolute Gasteiger partial charge is 0.295 e. The monoisotopic (exact) mass is 402 g/mol. The van der Waals surface area contributed by atoms with Gasteiger partial charge < -0.3 is 14.3 Å². The van der Waals surface area contributed by atoms with Crippen molar-refractivity contribution in [3.63, 3.8) is 0 Å². The Bertz CT molecular complexity index is 1020. The van der Waals surface area contributed by atoms with Gasteiger partial charge in [-0.05, 0) is 30.7 Å². The van der Waals surface area contributed by atoms with Crippen molar-refractivity contribution in [3.05, 3.63) is 58.4 Å². The zero-order valence-electron chi connectivity index (χ0n) is 13.8. The molecular weight excluding hydrogens is 391 g/mol. The van der Waals surface area contributed by atoms with Crippen molar-refractivity contribution >= 4 is 29.0 Å². The maximum absolute atomic E-state index is 5.88. The van der Waals surface area contributed by atoms with E-state index in [9.17, 15) is 0 Å². The summed E-state index contributed by atoms with van der Waals surface area (Å²) < 4.78 is 5.54. The molecule has 136 valence electrons. The first-order valence-corrected chi connectivity index (χ1v) is 9.03. The highest BCUT2D eigenvalue weighted by molar-refractivity contribution is 6.29. The van der Waals surface area contributed by atoms with Crippen LogP contribution >= 0.6 is 23.2 Å². The standard InChI is InChI=1S/C17H12Cl2N6O2/c18-12-4-2-10(8-20-12)14-22-16(26-23-14)17-6-1-7-25(17)15(24-27-17)11-3-5-13(19)21-9-11/h2-5,8-9H,1,6-7H2/t17-/m0/s1. The van der Waals surface area contributed by atoms with Crippen LogP contribution in [0.3, 0.4) is 0 Å². The number of nitrogens with zero attached hydrogens (tertiary/aromatic N) is 6. The number of amidine groups is 1. The zero-order valence-corrected chi connectivity index (χ0v) is 15.4. The number of rotatable bonds is 3. The molecule has 0 spiro atoms. The van der Waals surface area contributed by atoms with E-state index in [1.165, 1.54) is 0 Å². The Morgan fingerprint density at radius 2 is 1.74 bits per heavy atom. The molecule has 0 N–H and O–H groups in total. The van der Waals surface area contributed by atoms with E-state index < -0.39 is 5.72 Å². The summed E-state index contributed by atoms with van der Waals surface area (Å²) in [4.78, 5) is 20.6. The molecule has 0 radical (unpaired) electrons. The van der Waals surface area contributed by atoms with Crippen LogP contribution in [-0.4, -0.2) is 37.4 Å². The van der Waals surface area contributed by atoms with Gasteiger partial charge in [0.15, 0.2) is 5.84 Å². The predicted molar refractivity (Wildman–Crippen MR) is 97.0 cm³/mol. The fourth-order valence-electron chi connectivity index (χ4n) is 3.32. The highest BCUT2D eigenvalue weighted by atomic mass is 35.5. The minimum atomic E-state index is -0.903. The summed E-state index contributed by atoms with van der Waals surface area (Å²) in [5.41, 5.74) is 0.612. The second-order valence-corrected chi connectivity index (χ2v) is 6.98. The summed E-state index contributed by atoms with van der Waals surface area (Å²) in [7, 11) is 0. The van der Waals surface area contributed by atoms with Gasteiger partial charge in [-0.25, -0.2) is 9.97 Å². The summed E-state index contributed by atoms with van der Waals surface area (Å²) in [5.74, 6) is 1.44. The van der Waals surface area contributed by atoms with Crippen LogP contribution in [0.1, 0.15) is 24.3 Å². The first-order chi connectivity index (χ1) is 13.2. The molecule has 2 aliphatic rings. The van der Waals surface area contributed by atoms with Crippen molar-refractivity contribution in [2.45, 2.75) is 18.6 Å². The van der Waals surface area contributed by atoms with Gasteiger partial charge in [0.05, 0.1) is 0 Å². The lowest BCUT2D eigenvalue weighted by Crippen LogP contribution is -2.41. The molecule has 1 saturated heterocycles. The Labute approximate surface area is 163 Å². The minimum Gasteiger partial charge on any atom is -0.355 e. The molecule has 3 aromatic rings. The van der Waals surface area contributed by atoms with Gasteiger partial charge in [-0.3, -0.25) is 0 Å². The highest BCUT2D eigenvalue weighted by Gasteiger charge is 2.55. The van der Waals surface area contributed by atoms with Crippen LogP contribution in [-0.2, 0) is 10.6 Å². The molecule has 27 heavy (non-hydrogen) atoms. The molecule has 0 aromatic carbocycles. The van der Waals surface area contributed by atoms with Crippen LogP contribution in [0.25, 0.3) is 11.4 Å². The predicted octanol–water partition coefficient (Wildman–Crippen LogP) is 3.47. The van der Waals surface area contributed by atoms with Gasteiger partial charge >= 0.3 is 0 Å². The molecule has 3 aromatic heterocycles. The SMILES string of the molecule is Clc1ccc(C2=NO[C@]3(c4nc(-c5ccc(Cl)nc5)no4)CCCN23)cn1. The first kappa shape index (κ1) is 16.5. The molecule has 10 heteroatoms. The average Bonchev–Trinajstić information content (AvgIpc) is 3.38. The molecule has 0 aliphatic carbocycles. The normalized spacial score (nSPS) is 21.1. The Hall–Kier alpha value is -2.71. The van der Waals surface area contributed by atoms with Gasteiger partial charge in [0.25, 0.3) is 11.6 Å². The van der Waals surface area contributed by atoms with Crippen molar-refractivity contribution in [2.24, 2.45) is 5.16 Å². The van der Waals surface area contributed by atoms with Gasteiger partial charge in [0.2, 0.25) is 5.82 Å². The molecule has 1 fully saturated rings. The summed E-state index contributed by atoms with van der Waals surface area (Å²) in [5, 5.41) is 9.15. The van der Waals surface area contributed by atoms with Crippen molar-refractivity contribution in [1.82, 2.24) is 25.0 Å². The molecule has 2 aliphatic heterocycles. The maximum atomic E-state index is 5.88. The van der Waals surface area contributed by atoms with E-state index in [0.29, 0.717) is 39.8 Å². The van der Waals surface area contributed by atoms with Crippen LogP contribution in [0.5, 0.6) is 0 Å². The van der Waals surface area contributed by atoms with E-state index in [1.807, 2.05) is 11.0 Å². The molecule has 0 unspecified atom stereocenters. The number of hydrogen-bond donors (Lipinski definition) is 0. The van der Waals surface area contributed by atoms with Crippen LogP contribution in [0.15, 0.2) is 46.3 Å². The van der Waals surface area contributed by atoms with Crippen molar-refractivity contribution < 1.29 is 9.36 Å². The number of halogens is 2. The third-order valence-electron chi connectivity index (χ3n) is 4.60.